The molecular weight excluding hydrogens is 439 g/mol. The second-order valence-corrected chi connectivity index (χ2v) is 8.57. The zero-order valence-corrected chi connectivity index (χ0v) is 23.9. The molecule has 0 amide bonds. The van der Waals surface area contributed by atoms with Crippen LogP contribution in [0.15, 0.2) is 24.3 Å². The molecule has 0 atom stereocenters. The van der Waals surface area contributed by atoms with E-state index in [1.807, 2.05) is 0 Å². The van der Waals surface area contributed by atoms with E-state index >= 15 is 0 Å². The number of hydrogen-bond donors (Lipinski definition) is 2. The number of aromatic carboxylic acids is 2. The van der Waals surface area contributed by atoms with E-state index in [0.717, 1.165) is 19.6 Å². The molecule has 1 fully saturated rings. The van der Waals surface area contributed by atoms with Gasteiger partial charge in [0.1, 0.15) is 0 Å². The molecule has 1 aliphatic heterocycles. The number of hydrogen-bond acceptors (Lipinski definition) is 3. The molecule has 2 N–H and O–H groups in total. The SMILES string of the molecule is C1CO1.O=C(O)c1ccccc1C(=O)O.[CH2-]CCCCCCCCCCCCCCCCC.[Na+]. The Hall–Kier alpha value is -0.880. The molecule has 0 unspecified atom stereocenters. The third-order valence-corrected chi connectivity index (χ3v) is 5.45. The molecule has 0 bridgehead atoms. The van der Waals surface area contributed by atoms with Crippen LogP contribution < -0.4 is 29.6 Å². The second kappa shape index (κ2) is 26.7. The quantitative estimate of drug-likeness (QED) is 0.137. The number of carboxylic acid groups (broad SMARTS) is 2. The van der Waals surface area contributed by atoms with E-state index in [4.69, 9.17) is 10.2 Å². The summed E-state index contributed by atoms with van der Waals surface area (Å²) in [5.74, 6) is -2.46. The summed E-state index contributed by atoms with van der Waals surface area (Å²) in [6.07, 6.45) is 22.8. The summed E-state index contributed by atoms with van der Waals surface area (Å²) in [4.78, 5) is 20.9. The Bertz CT molecular complexity index is 552. The van der Waals surface area contributed by atoms with Crippen molar-refractivity contribution in [1.29, 1.82) is 0 Å². The van der Waals surface area contributed by atoms with Crippen LogP contribution in [0, 0.1) is 6.92 Å². The van der Waals surface area contributed by atoms with Crippen molar-refractivity contribution >= 4 is 11.9 Å². The van der Waals surface area contributed by atoms with E-state index < -0.39 is 11.9 Å². The summed E-state index contributed by atoms with van der Waals surface area (Å²) < 4.78 is 4.50. The molecule has 2 rings (SSSR count). The zero-order valence-electron chi connectivity index (χ0n) is 21.9. The number of epoxide rings is 1. The molecule has 0 radical (unpaired) electrons. The molecule has 1 heterocycles. The van der Waals surface area contributed by atoms with E-state index in [1.165, 1.54) is 121 Å². The topological polar surface area (TPSA) is 87.1 Å². The van der Waals surface area contributed by atoms with Crippen LogP contribution in [0.5, 0.6) is 0 Å². The van der Waals surface area contributed by atoms with Crippen molar-refractivity contribution in [3.05, 3.63) is 42.3 Å². The van der Waals surface area contributed by atoms with Gasteiger partial charge in [-0.05, 0) is 12.1 Å². The maximum absolute atomic E-state index is 10.5. The number of unbranched alkanes of at least 4 members (excludes halogenated alkanes) is 15. The average molecular weight is 487 g/mol. The molecule has 0 saturated carbocycles. The Morgan fingerprint density at radius 2 is 1.00 bits per heavy atom. The van der Waals surface area contributed by atoms with E-state index in [0.29, 0.717) is 0 Å². The largest absolute Gasteiger partial charge is 1.00 e. The van der Waals surface area contributed by atoms with Gasteiger partial charge < -0.3 is 21.9 Å². The summed E-state index contributed by atoms with van der Waals surface area (Å²) in [5.41, 5.74) is -0.380. The first-order valence-electron chi connectivity index (χ1n) is 13.0. The normalized spacial score (nSPS) is 11.2. The summed E-state index contributed by atoms with van der Waals surface area (Å²) in [6.45, 7) is 8.18. The molecule has 190 valence electrons. The maximum Gasteiger partial charge on any atom is 1.00 e. The standard InChI is InChI=1S/C18H37.C8H6O4.C2H4O.Na/c1-3-5-7-9-11-13-15-17-18-16-14-12-10-8-6-4-2;9-7(10)5-3-1-2-4-6(5)8(11)12;1-2-3-1;/h1,3-18H2,2H3;1-4H,(H,9,10)(H,11,12);1-2H2;/q-1;;;+1. The second-order valence-electron chi connectivity index (χ2n) is 8.57. The first-order chi connectivity index (χ1) is 16.0. The minimum absolute atomic E-state index is 0. The number of carboxylic acids is 2. The van der Waals surface area contributed by atoms with Crippen LogP contribution in [0.25, 0.3) is 0 Å². The van der Waals surface area contributed by atoms with E-state index in [2.05, 4.69) is 18.6 Å². The van der Waals surface area contributed by atoms with Crippen molar-refractivity contribution in [2.75, 3.05) is 13.2 Å². The first-order valence-corrected chi connectivity index (χ1v) is 13.0. The Morgan fingerprint density at radius 1 is 0.706 bits per heavy atom. The van der Waals surface area contributed by atoms with Crippen LogP contribution in [0.1, 0.15) is 130 Å². The summed E-state index contributed by atoms with van der Waals surface area (Å²) >= 11 is 0. The van der Waals surface area contributed by atoms with Gasteiger partial charge in [0.15, 0.2) is 0 Å². The van der Waals surface area contributed by atoms with E-state index in [-0.39, 0.29) is 40.7 Å². The predicted molar refractivity (Wildman–Crippen MR) is 136 cm³/mol. The van der Waals surface area contributed by atoms with Crippen LogP contribution in [-0.4, -0.2) is 35.4 Å². The van der Waals surface area contributed by atoms with Crippen molar-refractivity contribution in [2.45, 2.75) is 110 Å². The molecular formula is C28H47NaO5. The van der Waals surface area contributed by atoms with Gasteiger partial charge in [-0.2, -0.15) is 6.42 Å². The third kappa shape index (κ3) is 24.3. The number of benzene rings is 1. The number of rotatable bonds is 17. The van der Waals surface area contributed by atoms with Gasteiger partial charge in [0.05, 0.1) is 24.3 Å². The van der Waals surface area contributed by atoms with Gasteiger partial charge in [0.2, 0.25) is 0 Å². The maximum atomic E-state index is 10.5. The van der Waals surface area contributed by atoms with Gasteiger partial charge in [-0.15, -0.1) is 0 Å². The van der Waals surface area contributed by atoms with Crippen LogP contribution in [0.2, 0.25) is 0 Å². The van der Waals surface area contributed by atoms with Crippen molar-refractivity contribution in [1.82, 2.24) is 0 Å². The molecule has 6 heteroatoms. The third-order valence-electron chi connectivity index (χ3n) is 5.45. The van der Waals surface area contributed by atoms with Crippen molar-refractivity contribution in [3.63, 3.8) is 0 Å². The predicted octanol–water partition coefficient (Wildman–Crippen LogP) is 5.19. The van der Waals surface area contributed by atoms with Gasteiger partial charge in [-0.1, -0.05) is 115 Å². The fourth-order valence-corrected chi connectivity index (χ4v) is 3.40. The van der Waals surface area contributed by atoms with Crippen LogP contribution in [-0.2, 0) is 4.74 Å². The van der Waals surface area contributed by atoms with Crippen molar-refractivity contribution in [2.24, 2.45) is 0 Å². The zero-order chi connectivity index (χ0) is 24.6. The molecule has 0 aromatic heterocycles. The molecule has 0 aliphatic carbocycles. The van der Waals surface area contributed by atoms with Gasteiger partial charge in [-0.3, -0.25) is 0 Å². The number of carbonyl (C=O) groups is 2. The van der Waals surface area contributed by atoms with Gasteiger partial charge in [-0.25, -0.2) is 9.59 Å². The molecule has 1 aliphatic rings. The van der Waals surface area contributed by atoms with Crippen molar-refractivity contribution in [3.8, 4) is 0 Å². The Labute approximate surface area is 230 Å². The minimum Gasteiger partial charge on any atom is -0.478 e. The Morgan fingerprint density at radius 3 is 1.24 bits per heavy atom. The average Bonchev–Trinajstić information content (AvgIpc) is 3.69. The number of ether oxygens (including phenoxy) is 1. The Balaban J connectivity index is 0. The van der Waals surface area contributed by atoms with Crippen LogP contribution in [0.3, 0.4) is 0 Å². The van der Waals surface area contributed by atoms with Crippen LogP contribution >= 0.6 is 0 Å². The van der Waals surface area contributed by atoms with Crippen LogP contribution in [0.4, 0.5) is 0 Å². The van der Waals surface area contributed by atoms with Crippen molar-refractivity contribution < 1.29 is 54.1 Å². The molecule has 5 nitrogen and oxygen atoms in total. The molecule has 34 heavy (non-hydrogen) atoms. The summed E-state index contributed by atoms with van der Waals surface area (Å²) in [5, 5.41) is 17.1. The summed E-state index contributed by atoms with van der Waals surface area (Å²) in [7, 11) is 0. The Kier molecular flexibility index (Phi) is 27.7. The smallest absolute Gasteiger partial charge is 0.478 e. The first kappa shape index (κ1) is 35.3. The molecule has 0 spiro atoms. The molecule has 1 saturated heterocycles. The fourth-order valence-electron chi connectivity index (χ4n) is 3.40. The van der Waals surface area contributed by atoms with Gasteiger partial charge >= 0.3 is 41.5 Å². The monoisotopic (exact) mass is 486 g/mol. The van der Waals surface area contributed by atoms with Gasteiger partial charge in [0, 0.05) is 0 Å². The van der Waals surface area contributed by atoms with E-state index in [9.17, 15) is 9.59 Å². The fraction of sp³-hybridized carbons (Fsp3) is 0.679. The van der Waals surface area contributed by atoms with Gasteiger partial charge in [0.25, 0.3) is 0 Å². The summed E-state index contributed by atoms with van der Waals surface area (Å²) in [6, 6.07) is 5.48. The van der Waals surface area contributed by atoms with E-state index in [1.54, 1.807) is 0 Å². The molecule has 1 aromatic carbocycles. The minimum atomic E-state index is -1.23. The molecule has 1 aromatic rings.